The summed E-state index contributed by atoms with van der Waals surface area (Å²) in [7, 11) is 2.87. The molecule has 0 radical (unpaired) electrons. The second kappa shape index (κ2) is 8.22. The molecule has 0 unspecified atom stereocenters. The molecule has 31 heavy (non-hydrogen) atoms. The molecular weight excluding hydrogens is 403 g/mol. The lowest BCUT2D eigenvalue weighted by atomic mass is 10.2. The zero-order valence-corrected chi connectivity index (χ0v) is 16.8. The molecule has 0 atom stereocenters. The van der Waals surface area contributed by atoms with E-state index in [1.54, 1.807) is 42.2 Å². The zero-order valence-electron chi connectivity index (χ0n) is 16.8. The summed E-state index contributed by atoms with van der Waals surface area (Å²) in [5.74, 6) is 0.205. The van der Waals surface area contributed by atoms with Gasteiger partial charge in [0.05, 0.1) is 19.0 Å². The summed E-state index contributed by atoms with van der Waals surface area (Å²) >= 11 is 0. The number of aromatic nitrogens is 5. The van der Waals surface area contributed by atoms with Gasteiger partial charge in [-0.25, -0.2) is 28.8 Å². The predicted octanol–water partition coefficient (Wildman–Crippen LogP) is 2.88. The van der Waals surface area contributed by atoms with E-state index in [1.165, 1.54) is 13.2 Å². The molecule has 0 saturated carbocycles. The van der Waals surface area contributed by atoms with Crippen LogP contribution < -0.4 is 16.4 Å². The Balaban J connectivity index is 1.82. The lowest BCUT2D eigenvalue weighted by molar-refractivity contribution is 0.187. The Morgan fingerprint density at radius 1 is 1.23 bits per heavy atom. The van der Waals surface area contributed by atoms with Crippen LogP contribution in [0, 0.1) is 5.82 Å². The molecule has 0 aliphatic carbocycles. The largest absolute Gasteiger partial charge is 0.453 e. The van der Waals surface area contributed by atoms with Gasteiger partial charge in [-0.15, -0.1) is 0 Å². The lowest BCUT2D eigenvalue weighted by Gasteiger charge is -2.12. The number of fused-ring (bicyclic) bond motifs is 1. The number of ether oxygens (including phenoxy) is 1. The van der Waals surface area contributed by atoms with E-state index in [9.17, 15) is 9.18 Å². The highest BCUT2D eigenvalue weighted by molar-refractivity contribution is 5.95. The average molecular weight is 422 g/mol. The number of methoxy groups -OCH3 is 1. The van der Waals surface area contributed by atoms with E-state index in [0.29, 0.717) is 22.3 Å². The molecule has 1 aromatic carbocycles. The Morgan fingerprint density at radius 3 is 2.77 bits per heavy atom. The maximum Gasteiger partial charge on any atom is 0.411 e. The van der Waals surface area contributed by atoms with Gasteiger partial charge in [0.2, 0.25) is 0 Å². The maximum atomic E-state index is 14.2. The van der Waals surface area contributed by atoms with Gasteiger partial charge in [0.25, 0.3) is 0 Å². The van der Waals surface area contributed by atoms with Crippen molar-refractivity contribution in [1.82, 2.24) is 24.7 Å². The van der Waals surface area contributed by atoms with Gasteiger partial charge in [-0.2, -0.15) is 5.10 Å². The smallest absolute Gasteiger partial charge is 0.411 e. The van der Waals surface area contributed by atoms with Gasteiger partial charge in [-0.05, 0) is 18.2 Å². The van der Waals surface area contributed by atoms with Crippen LogP contribution in [0.4, 0.5) is 26.5 Å². The number of nitrogens with one attached hydrogen (secondary N) is 2. The first kappa shape index (κ1) is 20.0. The standard InChI is InChI=1S/C20H19FN8O2/c1-23-17-15(25-20(30)31-2)16(22)26-18(27-17)14-12-7-5-9-24-19(12)29(28-14)10-11-6-3-4-8-13(11)21/h3-9H,10H2,1-2H3,(H,25,30)(H3,22,23,26,27). The van der Waals surface area contributed by atoms with Crippen molar-refractivity contribution in [2.45, 2.75) is 6.54 Å². The molecule has 4 N–H and O–H groups in total. The van der Waals surface area contributed by atoms with E-state index in [0.717, 1.165) is 0 Å². The van der Waals surface area contributed by atoms with Crippen LogP contribution >= 0.6 is 0 Å². The minimum Gasteiger partial charge on any atom is -0.453 e. The molecule has 3 heterocycles. The molecule has 3 aromatic heterocycles. The van der Waals surface area contributed by atoms with Gasteiger partial charge in [-0.3, -0.25) is 5.32 Å². The second-order valence-corrected chi connectivity index (χ2v) is 6.49. The van der Waals surface area contributed by atoms with Crippen molar-refractivity contribution in [3.05, 3.63) is 54.0 Å². The molecule has 10 nitrogen and oxygen atoms in total. The number of carbonyl (C=O) groups is 1. The number of pyridine rings is 1. The number of hydrogen-bond donors (Lipinski definition) is 3. The Hall–Kier alpha value is -4.28. The summed E-state index contributed by atoms with van der Waals surface area (Å²) in [6.45, 7) is 0.177. The fourth-order valence-corrected chi connectivity index (χ4v) is 3.11. The minimum atomic E-state index is -0.705. The lowest BCUT2D eigenvalue weighted by Crippen LogP contribution is -2.16. The first-order valence-corrected chi connectivity index (χ1v) is 9.27. The van der Waals surface area contributed by atoms with Gasteiger partial charge in [0, 0.05) is 18.8 Å². The van der Waals surface area contributed by atoms with Crippen LogP contribution in [0.25, 0.3) is 22.6 Å². The van der Waals surface area contributed by atoms with Gasteiger partial charge in [0.1, 0.15) is 17.2 Å². The first-order valence-electron chi connectivity index (χ1n) is 9.27. The van der Waals surface area contributed by atoms with Crippen molar-refractivity contribution >= 4 is 34.4 Å². The molecule has 0 fully saturated rings. The topological polar surface area (TPSA) is 133 Å². The van der Waals surface area contributed by atoms with E-state index in [4.69, 9.17) is 5.73 Å². The third-order valence-electron chi connectivity index (χ3n) is 4.58. The summed E-state index contributed by atoms with van der Waals surface area (Å²) in [6, 6.07) is 10.0. The summed E-state index contributed by atoms with van der Waals surface area (Å²) in [5.41, 5.74) is 7.70. The third kappa shape index (κ3) is 3.80. The third-order valence-corrected chi connectivity index (χ3v) is 4.58. The molecular formula is C20H19FN8O2. The number of rotatable bonds is 5. The normalized spacial score (nSPS) is 10.8. The quantitative estimate of drug-likeness (QED) is 0.447. The van der Waals surface area contributed by atoms with E-state index in [-0.39, 0.29) is 35.5 Å². The second-order valence-electron chi connectivity index (χ2n) is 6.49. The van der Waals surface area contributed by atoms with E-state index in [1.807, 2.05) is 6.07 Å². The highest BCUT2D eigenvalue weighted by atomic mass is 19.1. The van der Waals surface area contributed by atoms with E-state index >= 15 is 0 Å². The molecule has 0 bridgehead atoms. The van der Waals surface area contributed by atoms with Crippen LogP contribution in [0.1, 0.15) is 5.56 Å². The highest BCUT2D eigenvalue weighted by Gasteiger charge is 2.20. The minimum absolute atomic E-state index is 0.0282. The van der Waals surface area contributed by atoms with E-state index < -0.39 is 6.09 Å². The SMILES string of the molecule is CNc1nc(-c2nn(Cc3ccccc3F)c3ncccc23)nc(N)c1NC(=O)OC. The molecule has 0 spiro atoms. The number of nitrogens with two attached hydrogens (primary N) is 1. The van der Waals surface area contributed by atoms with Crippen LogP contribution in [-0.4, -0.2) is 45.0 Å². The zero-order chi connectivity index (χ0) is 22.0. The predicted molar refractivity (Wildman–Crippen MR) is 114 cm³/mol. The van der Waals surface area contributed by atoms with Crippen molar-refractivity contribution in [2.24, 2.45) is 0 Å². The number of anilines is 3. The summed E-state index contributed by atoms with van der Waals surface area (Å²) < 4.78 is 20.4. The van der Waals surface area contributed by atoms with Crippen molar-refractivity contribution in [2.75, 3.05) is 30.5 Å². The summed E-state index contributed by atoms with van der Waals surface area (Å²) in [4.78, 5) is 24.8. The maximum absolute atomic E-state index is 14.2. The fraction of sp³-hybridized carbons (Fsp3) is 0.150. The molecule has 1 amide bonds. The monoisotopic (exact) mass is 422 g/mol. The molecule has 4 aromatic rings. The number of nitrogen functional groups attached to an aromatic ring is 1. The van der Waals surface area contributed by atoms with Gasteiger partial charge < -0.3 is 15.8 Å². The number of halogens is 1. The Bertz CT molecular complexity index is 1270. The van der Waals surface area contributed by atoms with Crippen LogP contribution in [0.5, 0.6) is 0 Å². The molecule has 4 rings (SSSR count). The summed E-state index contributed by atoms with van der Waals surface area (Å²) in [6.07, 6.45) is 0.923. The van der Waals surface area contributed by atoms with Crippen LogP contribution in [0.15, 0.2) is 42.6 Å². The molecule has 0 saturated heterocycles. The average Bonchev–Trinajstić information content (AvgIpc) is 3.15. The molecule has 0 aliphatic heterocycles. The van der Waals surface area contributed by atoms with Crippen molar-refractivity contribution in [1.29, 1.82) is 0 Å². The Morgan fingerprint density at radius 2 is 2.03 bits per heavy atom. The van der Waals surface area contributed by atoms with Gasteiger partial charge in [0.15, 0.2) is 23.1 Å². The number of benzene rings is 1. The number of hydrogen-bond acceptors (Lipinski definition) is 8. The fourth-order valence-electron chi connectivity index (χ4n) is 3.11. The van der Waals surface area contributed by atoms with Crippen LogP contribution in [0.3, 0.4) is 0 Å². The van der Waals surface area contributed by atoms with Gasteiger partial charge in [-0.1, -0.05) is 18.2 Å². The Kier molecular flexibility index (Phi) is 5.31. The van der Waals surface area contributed by atoms with Crippen LogP contribution in [0.2, 0.25) is 0 Å². The van der Waals surface area contributed by atoms with Crippen LogP contribution in [-0.2, 0) is 11.3 Å². The summed E-state index contributed by atoms with van der Waals surface area (Å²) in [5, 5.41) is 10.6. The van der Waals surface area contributed by atoms with Gasteiger partial charge >= 0.3 is 6.09 Å². The van der Waals surface area contributed by atoms with Crippen molar-refractivity contribution < 1.29 is 13.9 Å². The van der Waals surface area contributed by atoms with Crippen molar-refractivity contribution in [3.63, 3.8) is 0 Å². The number of amides is 1. The molecule has 11 heteroatoms. The highest BCUT2D eigenvalue weighted by Crippen LogP contribution is 2.31. The van der Waals surface area contributed by atoms with Crippen molar-refractivity contribution in [3.8, 4) is 11.5 Å². The first-order chi connectivity index (χ1) is 15.0. The molecule has 0 aliphatic rings. The Labute approximate surface area is 176 Å². The molecule has 158 valence electrons. The number of nitrogens with zero attached hydrogens (tertiary/aromatic N) is 5. The van der Waals surface area contributed by atoms with E-state index in [2.05, 4.69) is 35.4 Å². The number of carbonyl (C=O) groups excluding carboxylic acids is 1.